The number of rotatable bonds is 5. The van der Waals surface area contributed by atoms with E-state index >= 15 is 0 Å². The van der Waals surface area contributed by atoms with Gasteiger partial charge >= 0.3 is 0 Å². The van der Waals surface area contributed by atoms with E-state index in [1.54, 1.807) is 12.1 Å². The second kappa shape index (κ2) is 8.02. The molecule has 0 heterocycles. The number of nitrogens with one attached hydrogen (secondary N) is 1. The van der Waals surface area contributed by atoms with Gasteiger partial charge in [-0.1, -0.05) is 42.1 Å². The Kier molecular flexibility index (Phi) is 6.34. The molecule has 0 saturated heterocycles. The van der Waals surface area contributed by atoms with Gasteiger partial charge in [-0.3, -0.25) is 4.79 Å². The number of halogens is 2. The van der Waals surface area contributed by atoms with Crippen LogP contribution < -0.4 is 5.32 Å². The first-order valence-corrected chi connectivity index (χ1v) is 8.20. The molecule has 0 spiro atoms. The zero-order chi connectivity index (χ0) is 15.2. The predicted molar refractivity (Wildman–Crippen MR) is 85.8 cm³/mol. The van der Waals surface area contributed by atoms with E-state index in [0.29, 0.717) is 22.9 Å². The van der Waals surface area contributed by atoms with Crippen LogP contribution in [0.2, 0.25) is 10.0 Å². The summed E-state index contributed by atoms with van der Waals surface area (Å²) in [5.74, 6) is 0.216. The molecular formula is C16H21Cl2NO2. The molecule has 1 aromatic rings. The monoisotopic (exact) mass is 329 g/mol. The first-order valence-electron chi connectivity index (χ1n) is 7.44. The van der Waals surface area contributed by atoms with Crippen LogP contribution >= 0.6 is 23.2 Å². The van der Waals surface area contributed by atoms with Gasteiger partial charge in [-0.2, -0.15) is 0 Å². The van der Waals surface area contributed by atoms with E-state index in [1.165, 1.54) is 0 Å². The molecular weight excluding hydrogens is 309 g/mol. The molecule has 0 aliphatic heterocycles. The maximum Gasteiger partial charge on any atom is 0.220 e. The quantitative estimate of drug-likeness (QED) is 0.867. The lowest BCUT2D eigenvalue weighted by Gasteiger charge is -2.30. The van der Waals surface area contributed by atoms with Crippen LogP contribution in [-0.2, 0) is 11.2 Å². The second-order valence-corrected chi connectivity index (χ2v) is 6.48. The number of carbonyl (C=O) groups is 1. The first-order chi connectivity index (χ1) is 10.1. The average Bonchev–Trinajstić information content (AvgIpc) is 2.47. The number of aliphatic hydroxyl groups excluding tert-OH is 1. The summed E-state index contributed by atoms with van der Waals surface area (Å²) in [6, 6.07) is 5.44. The highest BCUT2D eigenvalue weighted by Crippen LogP contribution is 2.25. The lowest BCUT2D eigenvalue weighted by molar-refractivity contribution is -0.122. The van der Waals surface area contributed by atoms with E-state index in [1.807, 2.05) is 6.07 Å². The molecule has 0 unspecified atom stereocenters. The Hall–Kier alpha value is -0.770. The Morgan fingerprint density at radius 2 is 2.05 bits per heavy atom. The molecule has 5 heteroatoms. The number of benzene rings is 1. The Balaban J connectivity index is 1.84. The lowest BCUT2D eigenvalue weighted by Crippen LogP contribution is -2.43. The number of aryl methyl sites for hydroxylation is 1. The molecule has 3 nitrogen and oxygen atoms in total. The summed E-state index contributed by atoms with van der Waals surface area (Å²) in [4.78, 5) is 12.1. The van der Waals surface area contributed by atoms with Crippen molar-refractivity contribution in [3.8, 4) is 0 Å². The van der Waals surface area contributed by atoms with Gasteiger partial charge in [0.05, 0.1) is 0 Å². The number of hydrogen-bond donors (Lipinski definition) is 2. The Labute approximate surface area is 135 Å². The van der Waals surface area contributed by atoms with Gasteiger partial charge in [-0.25, -0.2) is 0 Å². The summed E-state index contributed by atoms with van der Waals surface area (Å²) >= 11 is 12.0. The molecule has 0 radical (unpaired) electrons. The molecule has 0 bridgehead atoms. The van der Waals surface area contributed by atoms with E-state index in [-0.39, 0.29) is 24.5 Å². The molecule has 2 atom stereocenters. The van der Waals surface area contributed by atoms with Crippen molar-refractivity contribution in [2.45, 2.75) is 44.6 Å². The predicted octanol–water partition coefficient (Wildman–Crippen LogP) is 3.59. The highest BCUT2D eigenvalue weighted by molar-refractivity contribution is 6.35. The Morgan fingerprint density at radius 1 is 1.29 bits per heavy atom. The molecule has 21 heavy (non-hydrogen) atoms. The van der Waals surface area contributed by atoms with Gasteiger partial charge < -0.3 is 10.4 Å². The Morgan fingerprint density at radius 3 is 2.76 bits per heavy atom. The highest BCUT2D eigenvalue weighted by atomic mass is 35.5. The zero-order valence-corrected chi connectivity index (χ0v) is 13.5. The number of aliphatic hydroxyl groups is 1. The number of hydrogen-bond acceptors (Lipinski definition) is 2. The van der Waals surface area contributed by atoms with Crippen molar-refractivity contribution >= 4 is 29.1 Å². The first kappa shape index (κ1) is 16.6. The third-order valence-corrected chi connectivity index (χ3v) is 4.71. The van der Waals surface area contributed by atoms with Gasteiger partial charge in [-0.15, -0.1) is 0 Å². The normalized spacial score (nSPS) is 22.0. The van der Waals surface area contributed by atoms with E-state index in [2.05, 4.69) is 5.32 Å². The van der Waals surface area contributed by atoms with Crippen LogP contribution in [0, 0.1) is 5.92 Å². The summed E-state index contributed by atoms with van der Waals surface area (Å²) in [7, 11) is 0. The SMILES string of the molecule is O=C(CCc1ccc(Cl)cc1Cl)N[C@@H]1CCCC[C@H]1CO. The molecule has 2 rings (SSSR count). The van der Waals surface area contributed by atoms with Crippen molar-refractivity contribution in [1.82, 2.24) is 5.32 Å². The largest absolute Gasteiger partial charge is 0.396 e. The van der Waals surface area contributed by atoms with Gasteiger partial charge in [0.15, 0.2) is 0 Å². The molecule has 2 N–H and O–H groups in total. The highest BCUT2D eigenvalue weighted by Gasteiger charge is 2.25. The van der Waals surface area contributed by atoms with E-state index in [0.717, 1.165) is 31.2 Å². The standard InChI is InChI=1S/C16H21Cl2NO2/c17-13-7-5-11(14(18)9-13)6-8-16(21)19-15-4-2-1-3-12(15)10-20/h5,7,9,12,15,20H,1-4,6,8,10H2,(H,19,21)/t12-,15+/m0/s1. The molecule has 1 fully saturated rings. The fraction of sp³-hybridized carbons (Fsp3) is 0.562. The average molecular weight is 330 g/mol. The van der Waals surface area contributed by atoms with Crippen LogP contribution in [0.4, 0.5) is 0 Å². The fourth-order valence-corrected chi connectivity index (χ4v) is 3.37. The van der Waals surface area contributed by atoms with Gasteiger partial charge in [0.2, 0.25) is 5.91 Å². The summed E-state index contributed by atoms with van der Waals surface area (Å²) in [6.07, 6.45) is 5.19. The van der Waals surface area contributed by atoms with E-state index in [9.17, 15) is 9.90 Å². The van der Waals surface area contributed by atoms with Crippen molar-refractivity contribution in [1.29, 1.82) is 0 Å². The van der Waals surface area contributed by atoms with Gasteiger partial charge in [0.1, 0.15) is 0 Å². The Bertz CT molecular complexity index is 493. The van der Waals surface area contributed by atoms with Crippen molar-refractivity contribution in [2.75, 3.05) is 6.61 Å². The molecule has 116 valence electrons. The summed E-state index contributed by atoms with van der Waals surface area (Å²) in [5.41, 5.74) is 0.929. The van der Waals surface area contributed by atoms with Crippen LogP contribution in [-0.4, -0.2) is 23.7 Å². The number of amides is 1. The molecule has 1 aromatic carbocycles. The third-order valence-electron chi connectivity index (χ3n) is 4.13. The van der Waals surface area contributed by atoms with Crippen LogP contribution in [0.15, 0.2) is 18.2 Å². The third kappa shape index (κ3) is 4.87. The van der Waals surface area contributed by atoms with Gasteiger partial charge in [0.25, 0.3) is 0 Å². The van der Waals surface area contributed by atoms with E-state index in [4.69, 9.17) is 23.2 Å². The minimum Gasteiger partial charge on any atom is -0.396 e. The van der Waals surface area contributed by atoms with Crippen molar-refractivity contribution in [3.05, 3.63) is 33.8 Å². The summed E-state index contributed by atoms with van der Waals surface area (Å²) < 4.78 is 0. The minimum atomic E-state index is 0.0198. The molecule has 0 aromatic heterocycles. The molecule has 1 aliphatic rings. The van der Waals surface area contributed by atoms with Crippen LogP contribution in [0.25, 0.3) is 0 Å². The molecule has 1 amide bonds. The smallest absolute Gasteiger partial charge is 0.220 e. The summed E-state index contributed by atoms with van der Waals surface area (Å²) in [6.45, 7) is 0.147. The maximum absolute atomic E-state index is 12.1. The van der Waals surface area contributed by atoms with Crippen molar-refractivity contribution in [3.63, 3.8) is 0 Å². The van der Waals surface area contributed by atoms with Crippen molar-refractivity contribution < 1.29 is 9.90 Å². The van der Waals surface area contributed by atoms with Crippen LogP contribution in [0.5, 0.6) is 0 Å². The minimum absolute atomic E-state index is 0.0198. The second-order valence-electron chi connectivity index (χ2n) is 5.64. The zero-order valence-electron chi connectivity index (χ0n) is 11.9. The van der Waals surface area contributed by atoms with Crippen molar-refractivity contribution in [2.24, 2.45) is 5.92 Å². The number of carbonyl (C=O) groups excluding carboxylic acids is 1. The van der Waals surface area contributed by atoms with Gasteiger partial charge in [0, 0.05) is 35.0 Å². The van der Waals surface area contributed by atoms with E-state index < -0.39 is 0 Å². The fourth-order valence-electron chi connectivity index (χ4n) is 2.87. The maximum atomic E-state index is 12.1. The lowest BCUT2D eigenvalue weighted by atomic mass is 9.85. The van der Waals surface area contributed by atoms with Crippen LogP contribution in [0.1, 0.15) is 37.7 Å². The summed E-state index contributed by atoms with van der Waals surface area (Å²) in [5, 5.41) is 13.6. The van der Waals surface area contributed by atoms with Gasteiger partial charge in [-0.05, 0) is 37.0 Å². The molecule has 1 aliphatic carbocycles. The molecule has 1 saturated carbocycles. The topological polar surface area (TPSA) is 49.3 Å². The van der Waals surface area contributed by atoms with Crippen LogP contribution in [0.3, 0.4) is 0 Å².